The molecule has 0 aliphatic carbocycles. The van der Waals surface area contributed by atoms with Crippen molar-refractivity contribution in [1.29, 1.82) is 0 Å². The van der Waals surface area contributed by atoms with Crippen LogP contribution in [0.25, 0.3) is 0 Å². The lowest BCUT2D eigenvalue weighted by Gasteiger charge is -2.13. The molecule has 1 aromatic heterocycles. The van der Waals surface area contributed by atoms with Gasteiger partial charge in [0.15, 0.2) is 11.9 Å². The summed E-state index contributed by atoms with van der Waals surface area (Å²) in [5.41, 5.74) is 1.12. The van der Waals surface area contributed by atoms with Crippen LogP contribution in [0.5, 0.6) is 0 Å². The zero-order valence-electron chi connectivity index (χ0n) is 16.2. The van der Waals surface area contributed by atoms with E-state index >= 15 is 0 Å². The van der Waals surface area contributed by atoms with Crippen molar-refractivity contribution in [3.8, 4) is 0 Å². The molecule has 0 radical (unpaired) electrons. The maximum absolute atomic E-state index is 12.2. The highest BCUT2D eigenvalue weighted by molar-refractivity contribution is 5.96. The summed E-state index contributed by atoms with van der Waals surface area (Å²) >= 11 is 0. The molecule has 0 saturated heterocycles. The molecule has 0 saturated carbocycles. The van der Waals surface area contributed by atoms with Crippen LogP contribution < -0.4 is 16.0 Å². The van der Waals surface area contributed by atoms with Crippen molar-refractivity contribution in [2.24, 2.45) is 0 Å². The van der Waals surface area contributed by atoms with Gasteiger partial charge in [-0.05, 0) is 45.4 Å². The number of rotatable bonds is 7. The van der Waals surface area contributed by atoms with Gasteiger partial charge in [-0.25, -0.2) is 9.59 Å². The van der Waals surface area contributed by atoms with Crippen LogP contribution in [-0.2, 0) is 16.1 Å². The number of hydrogen-bond acceptors (Lipinski definition) is 6. The van der Waals surface area contributed by atoms with Crippen molar-refractivity contribution in [2.75, 3.05) is 5.32 Å². The molecule has 3 amide bonds. The minimum absolute atomic E-state index is 0.0460. The molecule has 150 valence electrons. The predicted octanol–water partition coefficient (Wildman–Crippen LogP) is 2.37. The van der Waals surface area contributed by atoms with Crippen LogP contribution in [0.4, 0.5) is 10.6 Å². The third kappa shape index (κ3) is 6.42. The molecule has 9 nitrogen and oxygen atoms in total. The van der Waals surface area contributed by atoms with Gasteiger partial charge in [0.05, 0.1) is 5.56 Å². The number of urea groups is 1. The maximum atomic E-state index is 12.2. The van der Waals surface area contributed by atoms with Crippen LogP contribution in [0, 0.1) is 6.92 Å². The van der Waals surface area contributed by atoms with Gasteiger partial charge in [-0.2, -0.15) is 0 Å². The third-order valence-corrected chi connectivity index (χ3v) is 3.59. The molecular weight excluding hydrogens is 364 g/mol. The van der Waals surface area contributed by atoms with Crippen LogP contribution in [0.15, 0.2) is 34.9 Å². The monoisotopic (exact) mass is 388 g/mol. The molecule has 1 aromatic carbocycles. The summed E-state index contributed by atoms with van der Waals surface area (Å²) in [5, 5.41) is 11.6. The molecule has 2 rings (SSSR count). The fourth-order valence-electron chi connectivity index (χ4n) is 2.19. The van der Waals surface area contributed by atoms with Crippen molar-refractivity contribution >= 4 is 23.7 Å². The van der Waals surface area contributed by atoms with Crippen LogP contribution in [-0.4, -0.2) is 35.2 Å². The Balaban J connectivity index is 1.84. The first kappa shape index (κ1) is 20.9. The van der Waals surface area contributed by atoms with Gasteiger partial charge in [0, 0.05) is 18.7 Å². The standard InChI is InChI=1S/C19H24N4O5/c1-11(2)21-19(26)20-10-14-5-7-15(8-6-14)18(25)27-13(4)17(24)22-16-9-12(3)28-23-16/h5-9,11,13H,10H2,1-4H3,(H2,20,21,26)(H,22,23,24)/t13-/m0/s1. The molecule has 0 bridgehead atoms. The summed E-state index contributed by atoms with van der Waals surface area (Å²) in [4.78, 5) is 35.8. The van der Waals surface area contributed by atoms with Gasteiger partial charge in [-0.1, -0.05) is 17.3 Å². The summed E-state index contributed by atoms with van der Waals surface area (Å²) in [5.74, 6) is -0.338. The number of esters is 1. The zero-order valence-corrected chi connectivity index (χ0v) is 16.2. The number of carbonyl (C=O) groups excluding carboxylic acids is 3. The quantitative estimate of drug-likeness (QED) is 0.626. The second-order valence-electron chi connectivity index (χ2n) is 6.54. The van der Waals surface area contributed by atoms with Gasteiger partial charge >= 0.3 is 12.0 Å². The second-order valence-corrected chi connectivity index (χ2v) is 6.54. The van der Waals surface area contributed by atoms with Crippen molar-refractivity contribution in [2.45, 2.75) is 46.4 Å². The van der Waals surface area contributed by atoms with E-state index in [9.17, 15) is 14.4 Å². The average molecular weight is 388 g/mol. The fourth-order valence-corrected chi connectivity index (χ4v) is 2.19. The Labute approximate surface area is 162 Å². The van der Waals surface area contributed by atoms with Gasteiger partial charge < -0.3 is 25.2 Å². The molecule has 28 heavy (non-hydrogen) atoms. The highest BCUT2D eigenvalue weighted by Gasteiger charge is 2.20. The van der Waals surface area contributed by atoms with E-state index in [1.54, 1.807) is 37.3 Å². The van der Waals surface area contributed by atoms with E-state index in [1.807, 2.05) is 13.8 Å². The van der Waals surface area contributed by atoms with E-state index in [0.717, 1.165) is 5.56 Å². The number of aromatic nitrogens is 1. The normalized spacial score (nSPS) is 11.6. The molecule has 9 heteroatoms. The van der Waals surface area contributed by atoms with Crippen LogP contribution in [0.3, 0.4) is 0 Å². The number of carbonyl (C=O) groups is 3. The van der Waals surface area contributed by atoms with E-state index in [1.165, 1.54) is 6.92 Å². The van der Waals surface area contributed by atoms with E-state index in [4.69, 9.17) is 9.26 Å². The lowest BCUT2D eigenvalue weighted by Crippen LogP contribution is -2.39. The summed E-state index contributed by atoms with van der Waals surface area (Å²) < 4.78 is 10.0. The molecule has 0 unspecified atom stereocenters. The molecule has 0 fully saturated rings. The van der Waals surface area contributed by atoms with Crippen LogP contribution in [0.1, 0.15) is 42.5 Å². The number of nitrogens with zero attached hydrogens (tertiary/aromatic N) is 1. The minimum atomic E-state index is -1.01. The summed E-state index contributed by atoms with van der Waals surface area (Å²) in [6.45, 7) is 7.22. The number of benzene rings is 1. The molecule has 0 aliphatic heterocycles. The maximum Gasteiger partial charge on any atom is 0.338 e. The first-order valence-corrected chi connectivity index (χ1v) is 8.83. The smallest absolute Gasteiger partial charge is 0.338 e. The third-order valence-electron chi connectivity index (χ3n) is 3.59. The largest absolute Gasteiger partial charge is 0.449 e. The molecule has 3 N–H and O–H groups in total. The van der Waals surface area contributed by atoms with Gasteiger partial charge in [-0.3, -0.25) is 4.79 Å². The summed E-state index contributed by atoms with van der Waals surface area (Å²) in [6, 6.07) is 7.90. The Hall–Kier alpha value is -3.36. The molecule has 2 aromatic rings. The van der Waals surface area contributed by atoms with Crippen molar-refractivity contribution < 1.29 is 23.6 Å². The first-order chi connectivity index (χ1) is 13.2. The van der Waals surface area contributed by atoms with E-state index in [0.29, 0.717) is 17.9 Å². The summed E-state index contributed by atoms with van der Waals surface area (Å²) in [6.07, 6.45) is -1.01. The Morgan fingerprint density at radius 3 is 2.39 bits per heavy atom. The second kappa shape index (κ2) is 9.54. The van der Waals surface area contributed by atoms with Gasteiger partial charge in [-0.15, -0.1) is 0 Å². The number of amides is 3. The first-order valence-electron chi connectivity index (χ1n) is 8.83. The Morgan fingerprint density at radius 2 is 1.82 bits per heavy atom. The molecule has 0 spiro atoms. The minimum Gasteiger partial charge on any atom is -0.449 e. The molecular formula is C19H24N4O5. The highest BCUT2D eigenvalue weighted by Crippen LogP contribution is 2.10. The predicted molar refractivity (Wildman–Crippen MR) is 102 cm³/mol. The lowest BCUT2D eigenvalue weighted by atomic mass is 10.1. The van der Waals surface area contributed by atoms with Crippen LogP contribution >= 0.6 is 0 Å². The number of ether oxygens (including phenoxy) is 1. The highest BCUT2D eigenvalue weighted by atomic mass is 16.5. The fraction of sp³-hybridized carbons (Fsp3) is 0.368. The lowest BCUT2D eigenvalue weighted by molar-refractivity contribution is -0.123. The van der Waals surface area contributed by atoms with E-state index in [-0.39, 0.29) is 17.9 Å². The number of aryl methyl sites for hydroxylation is 1. The molecule has 1 atom stereocenters. The van der Waals surface area contributed by atoms with Crippen molar-refractivity contribution in [3.05, 3.63) is 47.2 Å². The SMILES string of the molecule is Cc1cc(NC(=O)[C@H](C)OC(=O)c2ccc(CNC(=O)NC(C)C)cc2)no1. The number of nitrogens with one attached hydrogen (secondary N) is 3. The Kier molecular flexibility index (Phi) is 7.14. The number of hydrogen-bond donors (Lipinski definition) is 3. The molecule has 0 aliphatic rings. The van der Waals surface area contributed by atoms with E-state index < -0.39 is 18.0 Å². The topological polar surface area (TPSA) is 123 Å². The van der Waals surface area contributed by atoms with Crippen molar-refractivity contribution in [3.63, 3.8) is 0 Å². The molecule has 1 heterocycles. The van der Waals surface area contributed by atoms with Gasteiger partial charge in [0.25, 0.3) is 5.91 Å². The Bertz CT molecular complexity index is 829. The zero-order chi connectivity index (χ0) is 20.7. The average Bonchev–Trinajstić information content (AvgIpc) is 3.04. The van der Waals surface area contributed by atoms with Gasteiger partial charge in [0.1, 0.15) is 5.76 Å². The van der Waals surface area contributed by atoms with E-state index in [2.05, 4.69) is 21.1 Å². The van der Waals surface area contributed by atoms with Crippen molar-refractivity contribution in [1.82, 2.24) is 15.8 Å². The van der Waals surface area contributed by atoms with Crippen LogP contribution in [0.2, 0.25) is 0 Å². The number of anilines is 1. The summed E-state index contributed by atoms with van der Waals surface area (Å²) in [7, 11) is 0. The Morgan fingerprint density at radius 1 is 1.14 bits per heavy atom. The van der Waals surface area contributed by atoms with Gasteiger partial charge in [0.2, 0.25) is 0 Å².